The Morgan fingerprint density at radius 3 is 2.00 bits per heavy atom. The number of aromatic amines is 2. The van der Waals surface area contributed by atoms with Gasteiger partial charge in [0.1, 0.15) is 28.8 Å². The fraction of sp³-hybridized carbons (Fsp3) is 0.533. The molecule has 11 heteroatoms. The van der Waals surface area contributed by atoms with Gasteiger partial charge >= 0.3 is 6.09 Å². The van der Waals surface area contributed by atoms with E-state index in [1.165, 1.54) is 34.9 Å². The first-order chi connectivity index (χ1) is 27.0. The Morgan fingerprint density at radius 2 is 1.38 bits per heavy atom. The van der Waals surface area contributed by atoms with Gasteiger partial charge in [-0.3, -0.25) is 9.59 Å². The summed E-state index contributed by atoms with van der Waals surface area (Å²) in [5.41, 5.74) is 8.46. The van der Waals surface area contributed by atoms with Crippen molar-refractivity contribution < 1.29 is 19.1 Å². The lowest BCUT2D eigenvalue weighted by molar-refractivity contribution is -0.140. The number of nitrogens with zero attached hydrogens (tertiary/aromatic N) is 4. The quantitative estimate of drug-likeness (QED) is 0.152. The van der Waals surface area contributed by atoms with Crippen LogP contribution in [0.2, 0.25) is 0 Å². The number of imidazole rings is 2. The van der Waals surface area contributed by atoms with Crippen LogP contribution in [0, 0.1) is 23.7 Å². The number of H-pyrrole nitrogens is 2. The Balaban J connectivity index is 0.951. The molecule has 3 aliphatic carbocycles. The molecular weight excluding hydrogens is 703 g/mol. The zero-order chi connectivity index (χ0) is 38.9. The number of hydrogen-bond acceptors (Lipinski definition) is 6. The molecule has 11 nitrogen and oxygen atoms in total. The van der Waals surface area contributed by atoms with Crippen LogP contribution in [0.15, 0.2) is 48.8 Å². The van der Waals surface area contributed by atoms with Crippen molar-refractivity contribution in [3.05, 3.63) is 71.6 Å². The average molecular weight is 758 g/mol. The van der Waals surface area contributed by atoms with E-state index in [1.54, 1.807) is 0 Å². The van der Waals surface area contributed by atoms with E-state index in [9.17, 15) is 14.4 Å². The number of fused-ring (bicyclic) bond motifs is 5. The largest absolute Gasteiger partial charge is 0.453 e. The summed E-state index contributed by atoms with van der Waals surface area (Å²) in [5, 5.41) is 2.77. The minimum Gasteiger partial charge on any atom is -0.453 e. The lowest BCUT2D eigenvalue weighted by Gasteiger charge is -2.40. The molecule has 56 heavy (non-hydrogen) atoms. The number of amides is 3. The first-order valence-corrected chi connectivity index (χ1v) is 20.8. The molecule has 294 valence electrons. The first kappa shape index (κ1) is 36.7. The Labute approximate surface area is 329 Å². The third kappa shape index (κ3) is 5.95. The second kappa shape index (κ2) is 13.9. The number of likely N-dealkylation sites (tertiary alicyclic amines) is 2. The number of carbonyl (C=O) groups is 3. The second-order valence-electron chi connectivity index (χ2n) is 18.0. The van der Waals surface area contributed by atoms with Crippen LogP contribution in [-0.2, 0) is 38.2 Å². The molecule has 2 aromatic heterocycles. The van der Waals surface area contributed by atoms with Crippen LogP contribution in [0.4, 0.5) is 4.79 Å². The number of ether oxygens (including phenoxy) is 1. The van der Waals surface area contributed by atoms with Gasteiger partial charge in [0.15, 0.2) is 0 Å². The Kier molecular flexibility index (Phi) is 9.12. The molecule has 4 bridgehead atoms. The van der Waals surface area contributed by atoms with Gasteiger partial charge in [0, 0.05) is 43.0 Å². The van der Waals surface area contributed by atoms with E-state index in [4.69, 9.17) is 14.7 Å². The molecule has 0 radical (unpaired) electrons. The molecule has 3 N–H and O–H groups in total. The number of aromatic nitrogens is 4. The van der Waals surface area contributed by atoms with Gasteiger partial charge in [-0.1, -0.05) is 64.1 Å². The highest BCUT2D eigenvalue weighted by atomic mass is 16.5. The van der Waals surface area contributed by atoms with Gasteiger partial charge in [0.05, 0.1) is 18.5 Å². The van der Waals surface area contributed by atoms with Crippen LogP contribution in [0.25, 0.3) is 33.6 Å². The smallest absolute Gasteiger partial charge is 0.407 e. The van der Waals surface area contributed by atoms with Crippen molar-refractivity contribution in [1.82, 2.24) is 35.1 Å². The van der Waals surface area contributed by atoms with Crippen LogP contribution in [-0.4, -0.2) is 73.9 Å². The van der Waals surface area contributed by atoms with Crippen molar-refractivity contribution in [1.29, 1.82) is 0 Å². The maximum absolute atomic E-state index is 14.0. The average Bonchev–Trinajstić information content (AvgIpc) is 4.06. The SMILES string of the molecule is COC(=O)N[C@H](C(=O)N1CC2CCC1(c1nc(-c3ccc(-c4ccc(-c5c[nH]c(C67CCC(CN6C(=O)CC(C)C)C7)n5)c5c4CCC5)cc3)c[nH]1)C2)C(C)C. The van der Waals surface area contributed by atoms with Crippen LogP contribution < -0.4 is 5.32 Å². The predicted molar refractivity (Wildman–Crippen MR) is 214 cm³/mol. The fourth-order valence-electron chi connectivity index (χ4n) is 11.0. The molecule has 9 rings (SSSR count). The maximum atomic E-state index is 14.0. The van der Waals surface area contributed by atoms with Crippen molar-refractivity contribution in [2.75, 3.05) is 20.2 Å². The lowest BCUT2D eigenvalue weighted by atomic mass is 9.92. The molecule has 2 aromatic carbocycles. The fourth-order valence-corrected chi connectivity index (χ4v) is 11.0. The predicted octanol–water partition coefficient (Wildman–Crippen LogP) is 7.72. The van der Waals surface area contributed by atoms with Crippen molar-refractivity contribution >= 4 is 17.9 Å². The summed E-state index contributed by atoms with van der Waals surface area (Å²) in [7, 11) is 1.32. The highest BCUT2D eigenvalue weighted by Gasteiger charge is 2.57. The van der Waals surface area contributed by atoms with Gasteiger partial charge in [-0.15, -0.1) is 0 Å². The summed E-state index contributed by atoms with van der Waals surface area (Å²) in [5.74, 6) is 3.17. The number of nitrogens with one attached hydrogen (secondary N) is 3. The van der Waals surface area contributed by atoms with Gasteiger partial charge in [0.25, 0.3) is 0 Å². The Hall–Kier alpha value is -4.93. The van der Waals surface area contributed by atoms with E-state index in [-0.39, 0.29) is 23.3 Å². The molecular formula is C45H55N7O4. The molecule has 0 spiro atoms. The summed E-state index contributed by atoms with van der Waals surface area (Å²) < 4.78 is 4.84. The highest BCUT2D eigenvalue weighted by molar-refractivity contribution is 5.87. The molecule has 5 aliphatic rings. The number of benzene rings is 2. The summed E-state index contributed by atoms with van der Waals surface area (Å²) in [6, 6.07) is 12.5. The zero-order valence-corrected chi connectivity index (χ0v) is 33.4. The monoisotopic (exact) mass is 757 g/mol. The molecule has 2 saturated heterocycles. The van der Waals surface area contributed by atoms with Crippen LogP contribution in [0.3, 0.4) is 0 Å². The van der Waals surface area contributed by atoms with Crippen molar-refractivity contribution in [2.24, 2.45) is 23.7 Å². The van der Waals surface area contributed by atoms with Gasteiger partial charge < -0.3 is 29.8 Å². The molecule has 4 heterocycles. The van der Waals surface area contributed by atoms with Crippen LogP contribution in [0.1, 0.15) is 102 Å². The molecule has 5 atom stereocenters. The third-order valence-electron chi connectivity index (χ3n) is 13.7. The van der Waals surface area contributed by atoms with Gasteiger partial charge in [-0.25, -0.2) is 14.8 Å². The number of rotatable bonds is 10. The molecule has 2 saturated carbocycles. The number of piperidine rings is 2. The molecule has 4 fully saturated rings. The summed E-state index contributed by atoms with van der Waals surface area (Å²) >= 11 is 0. The summed E-state index contributed by atoms with van der Waals surface area (Å²) in [6.45, 7) is 9.64. The maximum Gasteiger partial charge on any atom is 0.407 e. The number of methoxy groups -OCH3 is 1. The van der Waals surface area contributed by atoms with Crippen molar-refractivity contribution in [2.45, 2.75) is 109 Å². The van der Waals surface area contributed by atoms with Crippen molar-refractivity contribution in [3.63, 3.8) is 0 Å². The van der Waals surface area contributed by atoms with E-state index in [0.717, 1.165) is 92.9 Å². The van der Waals surface area contributed by atoms with E-state index in [0.29, 0.717) is 30.7 Å². The normalized spacial score (nSPS) is 25.4. The number of carbonyl (C=O) groups excluding carboxylic acids is 3. The van der Waals surface area contributed by atoms with Crippen LogP contribution >= 0.6 is 0 Å². The van der Waals surface area contributed by atoms with Crippen LogP contribution in [0.5, 0.6) is 0 Å². The summed E-state index contributed by atoms with van der Waals surface area (Å²) in [6.07, 6.45) is 13.1. The van der Waals surface area contributed by atoms with Gasteiger partial charge in [0.2, 0.25) is 11.8 Å². The van der Waals surface area contributed by atoms with Gasteiger partial charge in [-0.2, -0.15) is 0 Å². The van der Waals surface area contributed by atoms with E-state index in [2.05, 4.69) is 76.6 Å². The van der Waals surface area contributed by atoms with Gasteiger partial charge in [-0.05, 0) is 104 Å². The minimum absolute atomic E-state index is 0.0816. The topological polar surface area (TPSA) is 136 Å². The second-order valence-corrected chi connectivity index (χ2v) is 18.0. The molecule has 4 aromatic rings. The molecule has 3 amide bonds. The number of hydrogen-bond donors (Lipinski definition) is 3. The first-order valence-electron chi connectivity index (χ1n) is 20.8. The standard InChI is InChI=1S/C45H55N7O4/c1-26(2)19-38(53)51-24-28-15-17-44(51,20-28)41-47-23-37(49-41)35-14-13-32(33-7-6-8-34(33)35)30-9-11-31(12-10-30)36-22-46-42(48-36)45-18-16-29(21-45)25-52(45)40(54)39(27(3)4)50-43(55)56-5/h9-14,22-23,26-29,39H,6-8,15-21,24-25H2,1-5H3,(H,46,48)(H,47,49)(H,50,55)/t28?,29?,39-,44?,45?/m0/s1. The Bertz CT molecular complexity index is 2170. The van der Waals surface area contributed by atoms with Crippen molar-refractivity contribution in [3.8, 4) is 33.6 Å². The van der Waals surface area contributed by atoms with E-state index in [1.807, 2.05) is 24.9 Å². The highest BCUT2D eigenvalue weighted by Crippen LogP contribution is 2.54. The molecule has 4 unspecified atom stereocenters. The lowest BCUT2D eigenvalue weighted by Crippen LogP contribution is -2.56. The van der Waals surface area contributed by atoms with E-state index < -0.39 is 17.7 Å². The molecule has 2 aliphatic heterocycles. The Morgan fingerprint density at radius 1 is 0.804 bits per heavy atom. The third-order valence-corrected chi connectivity index (χ3v) is 13.7. The minimum atomic E-state index is -0.669. The number of alkyl carbamates (subject to hydrolysis) is 1. The summed E-state index contributed by atoms with van der Waals surface area (Å²) in [4.78, 5) is 61.0. The zero-order valence-electron chi connectivity index (χ0n) is 33.4. The van der Waals surface area contributed by atoms with E-state index >= 15 is 0 Å².